The van der Waals surface area contributed by atoms with E-state index in [2.05, 4.69) is 38.7 Å². The summed E-state index contributed by atoms with van der Waals surface area (Å²) in [5, 5.41) is 7.73. The molecule has 2 saturated heterocycles. The molecule has 6 rings (SSSR count). The number of nitrogen functional groups attached to an aromatic ring is 1. The van der Waals surface area contributed by atoms with Gasteiger partial charge in [0.1, 0.15) is 9.71 Å². The molecule has 7 nitrogen and oxygen atoms in total. The highest BCUT2D eigenvalue weighted by atomic mass is 32.1. The number of thiophene rings is 1. The minimum Gasteiger partial charge on any atom is -0.481 e. The van der Waals surface area contributed by atoms with E-state index in [1.165, 1.54) is 41.0 Å². The summed E-state index contributed by atoms with van der Waals surface area (Å²) in [7, 11) is 1.58. The molecule has 1 aromatic carbocycles. The van der Waals surface area contributed by atoms with Crippen LogP contribution in [0.5, 0.6) is 5.88 Å². The predicted octanol–water partition coefficient (Wildman–Crippen LogP) is 3.12. The second-order valence-corrected chi connectivity index (χ2v) is 10.5. The van der Waals surface area contributed by atoms with E-state index in [-0.39, 0.29) is 11.9 Å². The van der Waals surface area contributed by atoms with Crippen LogP contribution in [0.3, 0.4) is 0 Å². The van der Waals surface area contributed by atoms with Gasteiger partial charge in [0.15, 0.2) is 0 Å². The number of rotatable bonds is 4. The first-order valence-corrected chi connectivity index (χ1v) is 12.6. The summed E-state index contributed by atoms with van der Waals surface area (Å²) in [6, 6.07) is 11.9. The Bertz CT molecular complexity index is 1210. The molecule has 2 unspecified atom stereocenters. The van der Waals surface area contributed by atoms with E-state index in [0.29, 0.717) is 28.5 Å². The molecule has 33 heavy (non-hydrogen) atoms. The Kier molecular flexibility index (Phi) is 5.14. The van der Waals surface area contributed by atoms with Gasteiger partial charge in [0.25, 0.3) is 5.91 Å². The molecule has 172 valence electrons. The first-order chi connectivity index (χ1) is 16.1. The van der Waals surface area contributed by atoms with Crippen molar-refractivity contribution in [1.82, 2.24) is 15.6 Å². The number of nitrogens with one attached hydrogen (secondary N) is 2. The monoisotopic (exact) mass is 463 g/mol. The number of aromatic nitrogens is 1. The number of pyridine rings is 1. The fraction of sp³-hybridized carbons (Fsp3) is 0.440. The van der Waals surface area contributed by atoms with E-state index in [1.807, 2.05) is 6.07 Å². The Morgan fingerprint density at radius 2 is 2.00 bits per heavy atom. The van der Waals surface area contributed by atoms with Crippen LogP contribution in [-0.4, -0.2) is 49.2 Å². The van der Waals surface area contributed by atoms with E-state index >= 15 is 0 Å². The number of fused-ring (bicyclic) bond motifs is 4. The average molecular weight is 464 g/mol. The molecule has 1 aliphatic carbocycles. The first kappa shape index (κ1) is 20.7. The highest BCUT2D eigenvalue weighted by Gasteiger charge is 2.32. The molecule has 3 aromatic rings. The number of aryl methyl sites for hydroxylation is 1. The third kappa shape index (κ3) is 3.81. The van der Waals surface area contributed by atoms with Gasteiger partial charge in [0.05, 0.1) is 12.8 Å². The zero-order chi connectivity index (χ0) is 22.5. The zero-order valence-corrected chi connectivity index (χ0v) is 19.6. The molecule has 1 amide bonds. The van der Waals surface area contributed by atoms with Crippen LogP contribution in [0.15, 0.2) is 30.3 Å². The summed E-state index contributed by atoms with van der Waals surface area (Å²) in [5.74, 6) is 0.406. The molecule has 2 aromatic heterocycles. The van der Waals surface area contributed by atoms with Crippen LogP contribution in [0.25, 0.3) is 10.2 Å². The molecular formula is C25H29N5O2S. The molecule has 0 radical (unpaired) electrons. The molecule has 4 heterocycles. The fourth-order valence-corrected chi connectivity index (χ4v) is 6.57. The third-order valence-electron chi connectivity index (χ3n) is 7.32. The number of piperazine rings is 1. The number of amides is 1. The predicted molar refractivity (Wildman–Crippen MR) is 132 cm³/mol. The van der Waals surface area contributed by atoms with Crippen molar-refractivity contribution in [2.75, 3.05) is 30.8 Å². The molecule has 0 spiro atoms. The maximum atomic E-state index is 13.0. The van der Waals surface area contributed by atoms with E-state index < -0.39 is 0 Å². The number of methoxy groups -OCH3 is 1. The van der Waals surface area contributed by atoms with Gasteiger partial charge in [-0.15, -0.1) is 11.3 Å². The number of carbonyl (C=O) groups excluding carboxylic acids is 1. The lowest BCUT2D eigenvalue weighted by Crippen LogP contribution is -2.51. The number of benzene rings is 1. The molecule has 2 bridgehead atoms. The second kappa shape index (κ2) is 8.18. The summed E-state index contributed by atoms with van der Waals surface area (Å²) >= 11 is 1.32. The van der Waals surface area contributed by atoms with Crippen LogP contribution in [0.2, 0.25) is 0 Å². The van der Waals surface area contributed by atoms with Crippen LogP contribution in [0, 0.1) is 0 Å². The molecular weight excluding hydrogens is 434 g/mol. The highest BCUT2D eigenvalue weighted by Crippen LogP contribution is 2.34. The van der Waals surface area contributed by atoms with Crippen molar-refractivity contribution in [3.63, 3.8) is 0 Å². The van der Waals surface area contributed by atoms with Gasteiger partial charge in [0.2, 0.25) is 5.88 Å². The molecule has 8 heteroatoms. The SMILES string of the molecule is COc1ccc2c(N)c(C(=O)N[C@H]3CCc4cc(N5CC6CCC(C5)N6)ccc4C3)sc2n1. The quantitative estimate of drug-likeness (QED) is 0.551. The smallest absolute Gasteiger partial charge is 0.263 e. The Morgan fingerprint density at radius 1 is 1.18 bits per heavy atom. The number of anilines is 2. The molecule has 2 fully saturated rings. The maximum absolute atomic E-state index is 13.0. The summed E-state index contributed by atoms with van der Waals surface area (Å²) in [6.07, 6.45) is 5.35. The van der Waals surface area contributed by atoms with Gasteiger partial charge in [0, 0.05) is 48.4 Å². The summed E-state index contributed by atoms with van der Waals surface area (Å²) < 4.78 is 5.20. The number of carbonyl (C=O) groups is 1. The molecule has 3 aliphatic rings. The number of nitrogens with two attached hydrogens (primary N) is 1. The lowest BCUT2D eigenvalue weighted by Gasteiger charge is -2.35. The number of nitrogens with zero attached hydrogens (tertiary/aromatic N) is 2. The third-order valence-corrected chi connectivity index (χ3v) is 8.43. The standard InChI is InChI=1S/C25H29N5O2S/c1-32-21-9-8-20-22(26)23(33-25(20)29-21)24(31)28-16-4-2-15-11-19(7-3-14(15)10-16)30-12-17-5-6-18(13-30)27-17/h3,7-9,11,16-18,27H,2,4-6,10,12-13,26H2,1H3,(H,28,31)/t16-,17?,18?/m0/s1. The molecule has 2 aliphatic heterocycles. The molecule has 4 N–H and O–H groups in total. The van der Waals surface area contributed by atoms with Gasteiger partial charge in [-0.1, -0.05) is 6.07 Å². The van der Waals surface area contributed by atoms with E-state index in [4.69, 9.17) is 10.5 Å². The first-order valence-electron chi connectivity index (χ1n) is 11.7. The lowest BCUT2D eigenvalue weighted by atomic mass is 9.87. The second-order valence-electron chi connectivity index (χ2n) is 9.46. The van der Waals surface area contributed by atoms with Gasteiger partial charge in [-0.05, 0) is 61.4 Å². The average Bonchev–Trinajstić information content (AvgIpc) is 3.36. The van der Waals surface area contributed by atoms with Crippen molar-refractivity contribution in [2.45, 2.75) is 50.2 Å². The van der Waals surface area contributed by atoms with Gasteiger partial charge < -0.3 is 26.0 Å². The van der Waals surface area contributed by atoms with E-state index in [1.54, 1.807) is 13.2 Å². The Hall–Kier alpha value is -2.84. The van der Waals surface area contributed by atoms with Crippen LogP contribution in [0.4, 0.5) is 11.4 Å². The highest BCUT2D eigenvalue weighted by molar-refractivity contribution is 7.21. The number of ether oxygens (including phenoxy) is 1. The Balaban J connectivity index is 1.15. The molecule has 0 saturated carbocycles. The Labute approximate surface area is 197 Å². The van der Waals surface area contributed by atoms with Gasteiger partial charge >= 0.3 is 0 Å². The van der Waals surface area contributed by atoms with Crippen molar-refractivity contribution in [2.24, 2.45) is 0 Å². The largest absolute Gasteiger partial charge is 0.481 e. The lowest BCUT2D eigenvalue weighted by molar-refractivity contribution is 0.0938. The number of hydrogen-bond acceptors (Lipinski definition) is 7. The van der Waals surface area contributed by atoms with Crippen LogP contribution in [0.1, 0.15) is 40.1 Å². The van der Waals surface area contributed by atoms with Crippen LogP contribution in [-0.2, 0) is 12.8 Å². The van der Waals surface area contributed by atoms with Gasteiger partial charge in [-0.2, -0.15) is 0 Å². The van der Waals surface area contributed by atoms with E-state index in [0.717, 1.165) is 42.6 Å². The Morgan fingerprint density at radius 3 is 2.79 bits per heavy atom. The fourth-order valence-electron chi connectivity index (χ4n) is 5.58. The minimum absolute atomic E-state index is 0.109. The van der Waals surface area contributed by atoms with Crippen LogP contribution < -0.4 is 26.0 Å². The summed E-state index contributed by atoms with van der Waals surface area (Å²) in [5.41, 5.74) is 10.9. The zero-order valence-electron chi connectivity index (χ0n) is 18.8. The van der Waals surface area contributed by atoms with Crippen LogP contribution >= 0.6 is 11.3 Å². The maximum Gasteiger partial charge on any atom is 0.263 e. The molecule has 3 atom stereocenters. The van der Waals surface area contributed by atoms with Crippen molar-refractivity contribution in [3.8, 4) is 5.88 Å². The number of hydrogen-bond donors (Lipinski definition) is 3. The van der Waals surface area contributed by atoms with Crippen molar-refractivity contribution in [1.29, 1.82) is 0 Å². The van der Waals surface area contributed by atoms with Crippen molar-refractivity contribution < 1.29 is 9.53 Å². The summed E-state index contributed by atoms with van der Waals surface area (Å²) in [6.45, 7) is 2.20. The topological polar surface area (TPSA) is 92.5 Å². The van der Waals surface area contributed by atoms with Crippen molar-refractivity contribution in [3.05, 3.63) is 46.3 Å². The van der Waals surface area contributed by atoms with Gasteiger partial charge in [-0.25, -0.2) is 4.98 Å². The normalized spacial score (nSPS) is 24.0. The van der Waals surface area contributed by atoms with Crippen molar-refractivity contribution >= 4 is 38.8 Å². The minimum atomic E-state index is -0.115. The van der Waals surface area contributed by atoms with E-state index in [9.17, 15) is 4.79 Å². The summed E-state index contributed by atoms with van der Waals surface area (Å²) in [4.78, 5) is 21.3. The van der Waals surface area contributed by atoms with Gasteiger partial charge in [-0.3, -0.25) is 4.79 Å².